The van der Waals surface area contributed by atoms with E-state index in [2.05, 4.69) is 15.2 Å². The van der Waals surface area contributed by atoms with E-state index in [-0.39, 0.29) is 0 Å². The molecule has 0 saturated heterocycles. The number of hydrogen-bond donors (Lipinski definition) is 4. The highest BCUT2D eigenvalue weighted by Crippen LogP contribution is 2.57. The van der Waals surface area contributed by atoms with Gasteiger partial charge in [0.15, 0.2) is 5.90 Å². The second-order valence-corrected chi connectivity index (χ2v) is 5.66. The molecule has 0 fully saturated rings. The SMILES string of the molecule is NOP(=O)(CP(=O)(O)O)OO. The number of hydrogen-bond acceptors (Lipinski definition) is 6. The third kappa shape index (κ3) is 4.62. The Morgan fingerprint density at radius 2 is 1.82 bits per heavy atom. The van der Waals surface area contributed by atoms with Crippen molar-refractivity contribution in [2.45, 2.75) is 0 Å². The minimum absolute atomic E-state index is 1.26. The summed E-state index contributed by atoms with van der Waals surface area (Å²) in [5, 5.41) is 7.84. The highest BCUT2D eigenvalue weighted by Gasteiger charge is 2.34. The van der Waals surface area contributed by atoms with Crippen molar-refractivity contribution in [3.8, 4) is 0 Å². The zero-order valence-electron chi connectivity index (χ0n) is 5.15. The zero-order valence-corrected chi connectivity index (χ0v) is 6.94. The summed E-state index contributed by atoms with van der Waals surface area (Å²) in [5.74, 6) is 3.08. The van der Waals surface area contributed by atoms with Gasteiger partial charge >= 0.3 is 15.2 Å². The van der Waals surface area contributed by atoms with E-state index in [4.69, 9.17) is 15.0 Å². The lowest BCUT2D eigenvalue weighted by molar-refractivity contribution is -0.148. The van der Waals surface area contributed by atoms with Gasteiger partial charge in [0.25, 0.3) is 0 Å². The lowest BCUT2D eigenvalue weighted by Crippen LogP contribution is -2.03. The largest absolute Gasteiger partial charge is 0.385 e. The zero-order chi connectivity index (χ0) is 9.12. The van der Waals surface area contributed by atoms with Crippen molar-refractivity contribution in [3.05, 3.63) is 0 Å². The Hall–Kier alpha value is 0.220. The van der Waals surface area contributed by atoms with Crippen LogP contribution in [0.1, 0.15) is 0 Å². The molecule has 0 rings (SSSR count). The molecule has 8 nitrogen and oxygen atoms in total. The molecule has 0 aliphatic carbocycles. The van der Waals surface area contributed by atoms with Crippen LogP contribution < -0.4 is 5.90 Å². The maximum absolute atomic E-state index is 10.7. The molecular weight excluding hydrogens is 200 g/mol. The van der Waals surface area contributed by atoms with Crippen LogP contribution in [0.4, 0.5) is 0 Å². The minimum Gasteiger partial charge on any atom is -0.324 e. The Morgan fingerprint density at radius 3 is 1.91 bits per heavy atom. The first-order valence-corrected chi connectivity index (χ1v) is 5.71. The summed E-state index contributed by atoms with van der Waals surface area (Å²) in [6, 6.07) is 0. The van der Waals surface area contributed by atoms with Crippen LogP contribution in [0.15, 0.2) is 0 Å². The quantitative estimate of drug-likeness (QED) is 0.279. The Balaban J connectivity index is 4.34. The molecule has 10 heteroatoms. The molecule has 0 heterocycles. The summed E-state index contributed by atoms with van der Waals surface area (Å²) in [6.07, 6.45) is 0. The molecule has 0 amide bonds. The molecule has 0 aromatic heterocycles. The van der Waals surface area contributed by atoms with E-state index in [1.165, 1.54) is 0 Å². The molecule has 0 bridgehead atoms. The lowest BCUT2D eigenvalue weighted by Gasteiger charge is -2.10. The second kappa shape index (κ2) is 3.75. The van der Waals surface area contributed by atoms with Crippen LogP contribution in [0.25, 0.3) is 0 Å². The van der Waals surface area contributed by atoms with Crippen LogP contribution >= 0.6 is 15.2 Å². The van der Waals surface area contributed by atoms with Crippen molar-refractivity contribution in [1.29, 1.82) is 0 Å². The Labute approximate surface area is 61.5 Å². The van der Waals surface area contributed by atoms with Crippen molar-refractivity contribution in [1.82, 2.24) is 0 Å². The van der Waals surface area contributed by atoms with Crippen molar-refractivity contribution < 1.29 is 33.5 Å². The van der Waals surface area contributed by atoms with E-state index in [0.29, 0.717) is 0 Å². The molecule has 0 spiro atoms. The summed E-state index contributed by atoms with van der Waals surface area (Å²) in [7, 11) is -8.81. The van der Waals surface area contributed by atoms with Gasteiger partial charge in [0, 0.05) is 0 Å². The molecule has 0 saturated carbocycles. The lowest BCUT2D eigenvalue weighted by atomic mass is 11.9. The fourth-order valence-corrected chi connectivity index (χ4v) is 2.62. The van der Waals surface area contributed by atoms with E-state index in [9.17, 15) is 9.13 Å². The summed E-state index contributed by atoms with van der Waals surface area (Å²) >= 11 is 0. The van der Waals surface area contributed by atoms with Crippen LogP contribution in [-0.4, -0.2) is 20.9 Å². The van der Waals surface area contributed by atoms with Gasteiger partial charge < -0.3 is 9.79 Å². The summed E-state index contributed by atoms with van der Waals surface area (Å²) in [5.41, 5.74) is 0. The van der Waals surface area contributed by atoms with Crippen molar-refractivity contribution >= 4 is 15.2 Å². The Morgan fingerprint density at radius 1 is 1.36 bits per heavy atom. The predicted molar refractivity (Wildman–Crippen MR) is 33.5 cm³/mol. The molecule has 0 aromatic carbocycles. The Kier molecular flexibility index (Phi) is 3.83. The van der Waals surface area contributed by atoms with E-state index in [1.54, 1.807) is 0 Å². The van der Waals surface area contributed by atoms with Gasteiger partial charge in [-0.25, -0.2) is 15.8 Å². The monoisotopic (exact) mass is 207 g/mol. The van der Waals surface area contributed by atoms with Gasteiger partial charge in [0.05, 0.1) is 0 Å². The summed E-state index contributed by atoms with van der Waals surface area (Å²) < 4.78 is 27.5. The van der Waals surface area contributed by atoms with Crippen LogP contribution in [0, 0.1) is 0 Å². The fourth-order valence-electron chi connectivity index (χ4n) is 0.304. The maximum atomic E-state index is 10.7. The minimum atomic E-state index is -4.57. The average molecular weight is 207 g/mol. The normalized spacial score (nSPS) is 17.8. The maximum Gasteiger partial charge on any atom is 0.385 e. The van der Waals surface area contributed by atoms with Gasteiger partial charge in [0.1, 0.15) is 0 Å². The van der Waals surface area contributed by atoms with Gasteiger partial charge in [0.2, 0.25) is 0 Å². The number of nitrogens with two attached hydrogens (primary N) is 1. The van der Waals surface area contributed by atoms with Gasteiger partial charge in [-0.2, -0.15) is 4.67 Å². The first-order valence-electron chi connectivity index (χ1n) is 2.18. The first kappa shape index (κ1) is 11.2. The van der Waals surface area contributed by atoms with E-state index < -0.39 is 21.1 Å². The van der Waals surface area contributed by atoms with Gasteiger partial charge in [-0.15, -0.1) is 0 Å². The predicted octanol–water partition coefficient (Wildman–Crippen LogP) is -0.305. The third-order valence-electron chi connectivity index (χ3n) is 0.642. The van der Waals surface area contributed by atoms with Crippen LogP contribution in [-0.2, 0) is 18.4 Å². The molecule has 1 atom stereocenters. The summed E-state index contributed by atoms with van der Waals surface area (Å²) in [6.45, 7) is 0. The van der Waals surface area contributed by atoms with E-state index in [0.717, 1.165) is 0 Å². The van der Waals surface area contributed by atoms with Gasteiger partial charge in [-0.1, -0.05) is 0 Å². The van der Waals surface area contributed by atoms with E-state index in [1.807, 2.05) is 0 Å². The van der Waals surface area contributed by atoms with Crippen LogP contribution in [0.2, 0.25) is 0 Å². The molecule has 5 N–H and O–H groups in total. The molecular formula is CH7NO7P2. The van der Waals surface area contributed by atoms with Crippen LogP contribution in [0.3, 0.4) is 0 Å². The molecule has 0 aliphatic rings. The standard InChI is InChI=1S/CH7NO7P2/c2-8-11(7,9-3)1-10(4,5)6/h3H,1-2H2,(H2,4,5,6). The molecule has 0 radical (unpaired) electrons. The summed E-state index contributed by atoms with van der Waals surface area (Å²) in [4.78, 5) is 16.5. The second-order valence-electron chi connectivity index (χ2n) is 1.60. The van der Waals surface area contributed by atoms with Crippen LogP contribution in [0.5, 0.6) is 0 Å². The number of rotatable bonds is 4. The fraction of sp³-hybridized carbons (Fsp3) is 1.00. The van der Waals surface area contributed by atoms with Crippen molar-refractivity contribution in [2.24, 2.45) is 5.90 Å². The first-order chi connectivity index (χ1) is 4.83. The van der Waals surface area contributed by atoms with Gasteiger partial charge in [-0.05, 0) is 0 Å². The van der Waals surface area contributed by atoms with E-state index >= 15 is 0 Å². The highest BCUT2D eigenvalue weighted by molar-refractivity contribution is 7.70. The van der Waals surface area contributed by atoms with Crippen molar-refractivity contribution in [3.63, 3.8) is 0 Å². The Bertz CT molecular complexity index is 198. The molecule has 1 unspecified atom stereocenters. The topological polar surface area (TPSA) is 139 Å². The molecule has 11 heavy (non-hydrogen) atoms. The third-order valence-corrected chi connectivity index (χ3v) is 4.07. The molecule has 68 valence electrons. The van der Waals surface area contributed by atoms with Gasteiger partial charge in [-0.3, -0.25) is 9.13 Å². The average Bonchev–Trinajstić information content (AvgIpc) is 1.84. The highest BCUT2D eigenvalue weighted by atomic mass is 31.2. The van der Waals surface area contributed by atoms with Crippen molar-refractivity contribution in [2.75, 3.05) is 5.90 Å². The smallest absolute Gasteiger partial charge is 0.324 e. The molecule has 0 aromatic rings. The molecule has 0 aliphatic heterocycles.